The van der Waals surface area contributed by atoms with Gasteiger partial charge in [-0.3, -0.25) is 0 Å². The highest BCUT2D eigenvalue weighted by molar-refractivity contribution is 6.62. The molecule has 2 aromatic rings. The Balaban J connectivity index is 1.24. The molecule has 2 aromatic carbocycles. The number of ether oxygens (including phenoxy) is 1. The molecule has 0 aliphatic carbocycles. The van der Waals surface area contributed by atoms with Crippen LogP contribution in [0, 0.1) is 0 Å². The van der Waals surface area contributed by atoms with Crippen molar-refractivity contribution in [1.82, 2.24) is 4.90 Å². The number of hydrogen-bond donors (Lipinski definition) is 1. The van der Waals surface area contributed by atoms with Crippen molar-refractivity contribution in [2.75, 3.05) is 26.7 Å². The molecule has 0 amide bonds. The number of benzene rings is 2. The number of aliphatic hydroxyl groups excluding tert-OH is 1. The molecule has 1 fully saturated rings. The molecule has 0 saturated carbocycles. The van der Waals surface area contributed by atoms with Crippen LogP contribution in [0.2, 0.25) is 0 Å². The molecule has 0 aromatic heterocycles. The number of aliphatic hydroxyl groups is 1. The van der Waals surface area contributed by atoms with Gasteiger partial charge in [-0.2, -0.15) is 0 Å². The molecule has 1 unspecified atom stereocenters. The standard InChI is InChI=1S/C27H38BNO4/c1-26(2)27(3,4)33-28(32-26)22-11-9-20(10-12-22)8-6-7-16-29-17-15-21-18-23(31-5)13-14-24(21)25(30)19-29/h9-14,18,25,30H,6-8,15-17,19H2,1-5H3/i5-1. The number of rotatable bonds is 7. The second kappa shape index (κ2) is 9.79. The number of β-amino-alcohol motifs (C(OH)–C–C–N with tert-alkyl or cyclic N) is 1. The quantitative estimate of drug-likeness (QED) is 0.512. The first-order valence-electron chi connectivity index (χ1n) is 12.2. The molecule has 33 heavy (non-hydrogen) atoms. The zero-order chi connectivity index (χ0) is 23.6. The van der Waals surface area contributed by atoms with Gasteiger partial charge < -0.3 is 24.1 Å². The van der Waals surface area contributed by atoms with Crippen molar-refractivity contribution in [2.24, 2.45) is 0 Å². The summed E-state index contributed by atoms with van der Waals surface area (Å²) in [5, 5.41) is 10.7. The van der Waals surface area contributed by atoms with Gasteiger partial charge in [-0.05, 0) is 94.2 Å². The Labute approximate surface area is 199 Å². The fourth-order valence-electron chi connectivity index (χ4n) is 4.65. The number of unbranched alkanes of at least 4 members (excludes halogenated alkanes) is 1. The summed E-state index contributed by atoms with van der Waals surface area (Å²) >= 11 is 0. The van der Waals surface area contributed by atoms with Crippen LogP contribution in [-0.2, 0) is 22.2 Å². The molecule has 6 heteroatoms. The number of methoxy groups -OCH3 is 1. The first-order valence-corrected chi connectivity index (χ1v) is 12.2. The Morgan fingerprint density at radius 3 is 2.39 bits per heavy atom. The molecule has 0 spiro atoms. The van der Waals surface area contributed by atoms with Gasteiger partial charge >= 0.3 is 7.12 Å². The predicted molar refractivity (Wildman–Crippen MR) is 133 cm³/mol. The van der Waals surface area contributed by atoms with Crippen molar-refractivity contribution in [3.63, 3.8) is 0 Å². The number of aryl methyl sites for hydroxylation is 1. The molecule has 178 valence electrons. The fourth-order valence-corrected chi connectivity index (χ4v) is 4.65. The maximum Gasteiger partial charge on any atom is 0.494 e. The molecule has 1 N–H and O–H groups in total. The van der Waals surface area contributed by atoms with Gasteiger partial charge in [-0.25, -0.2) is 0 Å². The second-order valence-electron chi connectivity index (χ2n) is 10.4. The van der Waals surface area contributed by atoms with Crippen LogP contribution >= 0.6 is 0 Å². The van der Waals surface area contributed by atoms with Crippen molar-refractivity contribution >= 4 is 12.6 Å². The van der Waals surface area contributed by atoms with Crippen molar-refractivity contribution < 1.29 is 19.2 Å². The molecule has 5 nitrogen and oxygen atoms in total. The third-order valence-electron chi connectivity index (χ3n) is 7.53. The highest BCUT2D eigenvalue weighted by Gasteiger charge is 2.51. The van der Waals surface area contributed by atoms with Crippen LogP contribution in [0.4, 0.5) is 0 Å². The minimum absolute atomic E-state index is 0.303. The van der Waals surface area contributed by atoms with Crippen LogP contribution in [-0.4, -0.2) is 55.1 Å². The van der Waals surface area contributed by atoms with E-state index in [9.17, 15) is 5.11 Å². The molecule has 0 bridgehead atoms. The van der Waals surface area contributed by atoms with Crippen LogP contribution in [0.3, 0.4) is 0 Å². The first kappa shape index (κ1) is 24.3. The van der Waals surface area contributed by atoms with Crippen molar-refractivity contribution in [2.45, 2.75) is 70.7 Å². The van der Waals surface area contributed by atoms with Gasteiger partial charge in [-0.1, -0.05) is 30.3 Å². The lowest BCUT2D eigenvalue weighted by Crippen LogP contribution is -2.41. The molecule has 2 aliphatic heterocycles. The zero-order valence-electron chi connectivity index (χ0n) is 20.8. The molecule has 0 radical (unpaired) electrons. The van der Waals surface area contributed by atoms with E-state index in [0.29, 0.717) is 6.54 Å². The highest BCUT2D eigenvalue weighted by Crippen LogP contribution is 2.36. The number of nitrogens with zero attached hydrogens (tertiary/aromatic N) is 1. The van der Waals surface area contributed by atoms with Crippen molar-refractivity contribution in [3.8, 4) is 5.75 Å². The largest absolute Gasteiger partial charge is 0.497 e. The lowest BCUT2D eigenvalue weighted by molar-refractivity contribution is 0.00578. The summed E-state index contributed by atoms with van der Waals surface area (Å²) in [7, 11) is 1.38. The van der Waals surface area contributed by atoms with Gasteiger partial charge in [0.15, 0.2) is 0 Å². The van der Waals surface area contributed by atoms with E-state index in [1.165, 1.54) is 11.1 Å². The lowest BCUT2D eigenvalue weighted by atomic mass is 9.78. The third-order valence-corrected chi connectivity index (χ3v) is 7.53. The summed E-state index contributed by atoms with van der Waals surface area (Å²) in [5.41, 5.74) is 4.03. The summed E-state index contributed by atoms with van der Waals surface area (Å²) in [6, 6.07) is 14.7. The lowest BCUT2D eigenvalue weighted by Gasteiger charge is -2.32. The van der Waals surface area contributed by atoms with Gasteiger partial charge in [0.2, 0.25) is 0 Å². The van der Waals surface area contributed by atoms with E-state index in [1.54, 1.807) is 7.11 Å². The summed E-state index contributed by atoms with van der Waals surface area (Å²) in [4.78, 5) is 2.39. The van der Waals surface area contributed by atoms with E-state index in [4.69, 9.17) is 14.0 Å². The predicted octanol–water partition coefficient (Wildman–Crippen LogP) is 3.91. The van der Waals surface area contributed by atoms with Crippen molar-refractivity contribution in [3.05, 3.63) is 59.2 Å². The topological polar surface area (TPSA) is 51.2 Å². The minimum Gasteiger partial charge on any atom is -0.497 e. The minimum atomic E-state index is -0.434. The van der Waals surface area contributed by atoms with Crippen LogP contribution < -0.4 is 10.2 Å². The van der Waals surface area contributed by atoms with Crippen LogP contribution in [0.5, 0.6) is 5.75 Å². The van der Waals surface area contributed by atoms with Gasteiger partial charge in [0.25, 0.3) is 0 Å². The van der Waals surface area contributed by atoms with Gasteiger partial charge in [0, 0.05) is 13.1 Å². The highest BCUT2D eigenvalue weighted by atomic mass is 16.7. The van der Waals surface area contributed by atoms with Crippen LogP contribution in [0.1, 0.15) is 63.3 Å². The molecule has 1 saturated heterocycles. The van der Waals surface area contributed by atoms with Crippen molar-refractivity contribution in [1.29, 1.82) is 0 Å². The van der Waals surface area contributed by atoms with Crippen LogP contribution in [0.15, 0.2) is 42.5 Å². The monoisotopic (exact) mass is 450 g/mol. The molecule has 1 atom stereocenters. The van der Waals surface area contributed by atoms with Gasteiger partial charge in [0.05, 0.1) is 24.4 Å². The Morgan fingerprint density at radius 1 is 1.03 bits per heavy atom. The molecule has 2 heterocycles. The Hall–Kier alpha value is -1.86. The zero-order valence-corrected chi connectivity index (χ0v) is 20.8. The smallest absolute Gasteiger partial charge is 0.494 e. The van der Waals surface area contributed by atoms with E-state index in [0.717, 1.165) is 55.5 Å². The number of fused-ring (bicyclic) bond motifs is 1. The third kappa shape index (κ3) is 5.46. The van der Waals surface area contributed by atoms with E-state index in [-0.39, 0.29) is 18.3 Å². The Morgan fingerprint density at radius 2 is 1.73 bits per heavy atom. The average Bonchev–Trinajstić information content (AvgIpc) is 2.91. The summed E-state index contributed by atoms with van der Waals surface area (Å²) in [6.07, 6.45) is 3.81. The number of hydrogen-bond acceptors (Lipinski definition) is 5. The van der Waals surface area contributed by atoms with E-state index in [2.05, 4.69) is 62.9 Å². The maximum absolute atomic E-state index is 10.7. The summed E-state index contributed by atoms with van der Waals surface area (Å²) in [5.74, 6) is 0.860. The van der Waals surface area contributed by atoms with Gasteiger partial charge in [-0.15, -0.1) is 0 Å². The first-order chi connectivity index (χ1) is 15.7. The molecule has 2 aliphatic rings. The Kier molecular flexibility index (Phi) is 7.20. The van der Waals surface area contributed by atoms with E-state index < -0.39 is 6.10 Å². The van der Waals surface area contributed by atoms with E-state index >= 15 is 0 Å². The SMILES string of the molecule is CC1(C)OB(c2ccc(CCCCN3CCc4cc(O[11CH3])ccc4C(O)C3)cc2)OC1(C)C. The second-order valence-corrected chi connectivity index (χ2v) is 10.4. The van der Waals surface area contributed by atoms with E-state index in [1.807, 2.05) is 12.1 Å². The maximum atomic E-state index is 10.7. The van der Waals surface area contributed by atoms with Gasteiger partial charge in [0.1, 0.15) is 5.75 Å². The van der Waals surface area contributed by atoms with Crippen LogP contribution in [0.25, 0.3) is 0 Å². The Bertz CT molecular complexity index is 928. The summed E-state index contributed by atoms with van der Waals surface area (Å²) < 4.78 is 17.7. The fraction of sp³-hybridized carbons (Fsp3) is 0.556. The normalized spacial score (nSPS) is 22.1. The molecule has 4 rings (SSSR count). The average molecular weight is 450 g/mol. The molecular formula is C27H38BNO4. The molecular weight excluding hydrogens is 412 g/mol. The summed E-state index contributed by atoms with van der Waals surface area (Å²) in [6.45, 7) is 11.0.